The number of ketones is 1. The largest absolute Gasteiger partial charge is 0.494 e. The molecule has 0 amide bonds. The first kappa shape index (κ1) is 19.0. The van der Waals surface area contributed by atoms with Gasteiger partial charge in [-0.15, -0.1) is 11.8 Å². The third-order valence-corrected chi connectivity index (χ3v) is 5.23. The fourth-order valence-corrected chi connectivity index (χ4v) is 3.56. The minimum atomic E-state index is 0.0205. The monoisotopic (exact) mass is 354 g/mol. The van der Waals surface area contributed by atoms with E-state index in [1.165, 1.54) is 11.8 Å². The van der Waals surface area contributed by atoms with Crippen LogP contribution in [-0.2, 0) is 5.75 Å². The van der Waals surface area contributed by atoms with Gasteiger partial charge in [-0.05, 0) is 63.9 Å². The fraction of sp³-hybridized carbons (Fsp3) is 0.350. The fourth-order valence-electron chi connectivity index (χ4n) is 2.50. The Balaban J connectivity index is 2.37. The quantitative estimate of drug-likeness (QED) is 0.552. The minimum Gasteiger partial charge on any atom is -0.494 e. The Morgan fingerprint density at radius 3 is 2.60 bits per heavy atom. The molecule has 25 heavy (non-hydrogen) atoms. The van der Waals surface area contributed by atoms with E-state index < -0.39 is 0 Å². The normalized spacial score (nSPS) is 10.4. The molecular formula is C20H22N2O2S. The third-order valence-electron chi connectivity index (χ3n) is 4.21. The predicted molar refractivity (Wildman–Crippen MR) is 100 cm³/mol. The number of pyridine rings is 1. The van der Waals surface area contributed by atoms with Crippen molar-refractivity contribution in [2.75, 3.05) is 6.61 Å². The predicted octanol–water partition coefficient (Wildman–Crippen LogP) is 4.77. The molecule has 0 atom stereocenters. The summed E-state index contributed by atoms with van der Waals surface area (Å²) in [4.78, 5) is 16.3. The summed E-state index contributed by atoms with van der Waals surface area (Å²) in [5.41, 5.74) is 5.16. The van der Waals surface area contributed by atoms with Gasteiger partial charge in [0.25, 0.3) is 0 Å². The van der Waals surface area contributed by atoms with E-state index in [4.69, 9.17) is 4.74 Å². The number of aryl methyl sites for hydroxylation is 1. The topological polar surface area (TPSA) is 63.0 Å². The number of hydrogen-bond acceptors (Lipinski definition) is 5. The van der Waals surface area contributed by atoms with E-state index in [0.29, 0.717) is 23.5 Å². The highest BCUT2D eigenvalue weighted by Crippen LogP contribution is 2.32. The van der Waals surface area contributed by atoms with E-state index in [-0.39, 0.29) is 5.78 Å². The Labute approximate surface area is 153 Å². The van der Waals surface area contributed by atoms with Crippen molar-refractivity contribution in [1.29, 1.82) is 5.26 Å². The number of carbonyl (C=O) groups is 1. The molecule has 0 aliphatic rings. The summed E-state index contributed by atoms with van der Waals surface area (Å²) in [6, 6.07) is 7.74. The lowest BCUT2D eigenvalue weighted by Gasteiger charge is -2.13. The molecule has 0 aliphatic carbocycles. The van der Waals surface area contributed by atoms with Crippen molar-refractivity contribution in [3.05, 3.63) is 51.7 Å². The lowest BCUT2D eigenvalue weighted by molar-refractivity contribution is 0.101. The second-order valence-electron chi connectivity index (χ2n) is 5.84. The highest BCUT2D eigenvalue weighted by atomic mass is 32.2. The van der Waals surface area contributed by atoms with E-state index in [0.717, 1.165) is 33.2 Å². The van der Waals surface area contributed by atoms with Crippen molar-refractivity contribution in [2.24, 2.45) is 0 Å². The van der Waals surface area contributed by atoms with E-state index >= 15 is 0 Å². The molecule has 5 heteroatoms. The van der Waals surface area contributed by atoms with Gasteiger partial charge in [-0.3, -0.25) is 4.79 Å². The number of rotatable bonds is 6. The summed E-state index contributed by atoms with van der Waals surface area (Å²) in [5, 5.41) is 10.2. The van der Waals surface area contributed by atoms with Crippen LogP contribution in [0.5, 0.6) is 5.75 Å². The molecule has 0 radical (unpaired) electrons. The molecule has 0 fully saturated rings. The van der Waals surface area contributed by atoms with E-state index in [2.05, 4.69) is 11.1 Å². The summed E-state index contributed by atoms with van der Waals surface area (Å²) in [6.45, 7) is 9.93. The van der Waals surface area contributed by atoms with Crippen molar-refractivity contribution < 1.29 is 9.53 Å². The minimum absolute atomic E-state index is 0.0205. The van der Waals surface area contributed by atoms with Gasteiger partial charge >= 0.3 is 0 Å². The van der Waals surface area contributed by atoms with Crippen LogP contribution in [0.1, 0.15) is 52.2 Å². The Hall–Kier alpha value is -2.32. The van der Waals surface area contributed by atoms with Gasteiger partial charge in [0, 0.05) is 22.6 Å². The maximum atomic E-state index is 11.7. The van der Waals surface area contributed by atoms with E-state index in [1.54, 1.807) is 13.0 Å². The first-order chi connectivity index (χ1) is 11.9. The number of carbonyl (C=O) groups excluding carboxylic acids is 1. The number of ether oxygens (including phenoxy) is 1. The van der Waals surface area contributed by atoms with Crippen LogP contribution in [0, 0.1) is 32.1 Å². The molecule has 0 unspecified atom stereocenters. The van der Waals surface area contributed by atoms with Crippen molar-refractivity contribution in [3.63, 3.8) is 0 Å². The molecule has 130 valence electrons. The summed E-state index contributed by atoms with van der Waals surface area (Å²) in [7, 11) is 0. The summed E-state index contributed by atoms with van der Waals surface area (Å²) in [6.07, 6.45) is 0. The van der Waals surface area contributed by atoms with Crippen LogP contribution < -0.4 is 4.74 Å². The van der Waals surface area contributed by atoms with Gasteiger partial charge in [0.15, 0.2) is 5.78 Å². The maximum Gasteiger partial charge on any atom is 0.159 e. The number of hydrogen-bond donors (Lipinski definition) is 0. The molecule has 1 aromatic carbocycles. The Bertz CT molecular complexity index is 854. The average Bonchev–Trinajstić information content (AvgIpc) is 2.59. The smallest absolute Gasteiger partial charge is 0.159 e. The Kier molecular flexibility index (Phi) is 6.22. The molecule has 0 spiro atoms. The number of nitriles is 1. The van der Waals surface area contributed by atoms with Crippen LogP contribution >= 0.6 is 11.8 Å². The second kappa shape index (κ2) is 8.17. The molecule has 0 bridgehead atoms. The second-order valence-corrected chi connectivity index (χ2v) is 6.80. The molecule has 2 aromatic rings. The number of thioether (sulfide) groups is 1. The van der Waals surface area contributed by atoms with Gasteiger partial charge in [-0.1, -0.05) is 0 Å². The van der Waals surface area contributed by atoms with Crippen LogP contribution in [0.4, 0.5) is 0 Å². The number of aromatic nitrogens is 1. The van der Waals surface area contributed by atoms with Crippen LogP contribution in [-0.4, -0.2) is 17.4 Å². The van der Waals surface area contributed by atoms with E-state index in [9.17, 15) is 10.1 Å². The van der Waals surface area contributed by atoms with Crippen molar-refractivity contribution >= 4 is 17.5 Å². The highest BCUT2D eigenvalue weighted by Gasteiger charge is 2.15. The zero-order valence-corrected chi connectivity index (χ0v) is 16.1. The summed E-state index contributed by atoms with van der Waals surface area (Å²) >= 11 is 1.50. The molecule has 0 aliphatic heterocycles. The van der Waals surface area contributed by atoms with Crippen LogP contribution in [0.2, 0.25) is 0 Å². The lowest BCUT2D eigenvalue weighted by atomic mass is 10.1. The number of benzene rings is 1. The van der Waals surface area contributed by atoms with Crippen LogP contribution in [0.3, 0.4) is 0 Å². The molecule has 1 heterocycles. The van der Waals surface area contributed by atoms with Gasteiger partial charge in [0.1, 0.15) is 16.8 Å². The van der Waals surface area contributed by atoms with Crippen LogP contribution in [0.15, 0.2) is 23.2 Å². The van der Waals surface area contributed by atoms with Gasteiger partial charge in [-0.25, -0.2) is 4.98 Å². The van der Waals surface area contributed by atoms with Crippen LogP contribution in [0.25, 0.3) is 0 Å². The standard InChI is InChI=1S/C20H22N2O2S/c1-6-24-19-8-7-16(15(5)23)9-17(19)11-25-20-18(10-21)13(3)12(2)14(4)22-20/h7-9H,6,11H2,1-5H3. The highest BCUT2D eigenvalue weighted by molar-refractivity contribution is 7.98. The maximum absolute atomic E-state index is 11.7. The number of nitrogens with zero attached hydrogens (tertiary/aromatic N) is 2. The summed E-state index contributed by atoms with van der Waals surface area (Å²) < 4.78 is 5.67. The van der Waals surface area contributed by atoms with Gasteiger partial charge < -0.3 is 4.74 Å². The summed E-state index contributed by atoms with van der Waals surface area (Å²) in [5.74, 6) is 1.37. The molecular weight excluding hydrogens is 332 g/mol. The molecule has 4 nitrogen and oxygen atoms in total. The molecule has 1 aromatic heterocycles. The molecule has 2 rings (SSSR count). The molecule has 0 N–H and O–H groups in total. The molecule has 0 saturated carbocycles. The third kappa shape index (κ3) is 4.21. The van der Waals surface area contributed by atoms with Gasteiger partial charge in [0.05, 0.1) is 12.2 Å². The average molecular weight is 354 g/mol. The Morgan fingerprint density at radius 2 is 2.00 bits per heavy atom. The first-order valence-electron chi connectivity index (χ1n) is 8.16. The lowest BCUT2D eigenvalue weighted by Crippen LogP contribution is -2.01. The molecule has 0 saturated heterocycles. The van der Waals surface area contributed by atoms with Gasteiger partial charge in [0.2, 0.25) is 0 Å². The zero-order valence-electron chi connectivity index (χ0n) is 15.3. The van der Waals surface area contributed by atoms with Gasteiger partial charge in [-0.2, -0.15) is 5.26 Å². The van der Waals surface area contributed by atoms with Crippen molar-refractivity contribution in [2.45, 2.75) is 45.4 Å². The van der Waals surface area contributed by atoms with E-state index in [1.807, 2.05) is 39.8 Å². The zero-order chi connectivity index (χ0) is 18.6. The van der Waals surface area contributed by atoms with Crippen molar-refractivity contribution in [1.82, 2.24) is 4.98 Å². The number of Topliss-reactive ketones (excluding diaryl/α,β-unsaturated/α-hetero) is 1. The first-order valence-corrected chi connectivity index (χ1v) is 9.14. The Morgan fingerprint density at radius 1 is 1.28 bits per heavy atom. The SMILES string of the molecule is CCOc1ccc(C(C)=O)cc1CSc1nc(C)c(C)c(C)c1C#N. The van der Waals surface area contributed by atoms with Crippen molar-refractivity contribution in [3.8, 4) is 11.8 Å².